The third-order valence-corrected chi connectivity index (χ3v) is 4.16. The van der Waals surface area contributed by atoms with Gasteiger partial charge >= 0.3 is 0 Å². The molecule has 0 bridgehead atoms. The molecule has 0 fully saturated rings. The van der Waals surface area contributed by atoms with Crippen LogP contribution in [0.1, 0.15) is 22.8 Å². The molecule has 0 N–H and O–H groups in total. The number of benzene rings is 2. The Morgan fingerprint density at radius 1 is 1.10 bits per heavy atom. The van der Waals surface area contributed by atoms with Crippen LogP contribution in [0.25, 0.3) is 0 Å². The normalized spacial score (nSPS) is 10.4. The van der Waals surface area contributed by atoms with Gasteiger partial charge in [-0.1, -0.05) is 23.7 Å². The van der Waals surface area contributed by atoms with Crippen molar-refractivity contribution < 1.29 is 9.53 Å². The average molecular weight is 321 g/mol. The molecule has 2 aromatic rings. The molecule has 2 aromatic carbocycles. The van der Waals surface area contributed by atoms with E-state index in [9.17, 15) is 4.79 Å². The number of Topliss-reactive ketones (excluding diaryl/α,β-unsaturated/α-hetero) is 1. The molecule has 0 aliphatic heterocycles. The lowest BCUT2D eigenvalue weighted by molar-refractivity contribution is 0.102. The molecule has 0 spiro atoms. The molecule has 0 amide bonds. The van der Waals surface area contributed by atoms with Gasteiger partial charge in [0.25, 0.3) is 0 Å². The number of ketones is 1. The van der Waals surface area contributed by atoms with Gasteiger partial charge in [0.05, 0.1) is 12.4 Å². The second-order valence-electron chi connectivity index (χ2n) is 4.50. The highest BCUT2D eigenvalue weighted by Crippen LogP contribution is 2.18. The van der Waals surface area contributed by atoms with E-state index >= 15 is 0 Å². The van der Waals surface area contributed by atoms with Crippen molar-refractivity contribution in [2.75, 3.05) is 12.4 Å². The SMILES string of the molecule is CCOc1ccc(C(=O)CSCc2ccc(Cl)cc2)cc1. The predicted octanol–water partition coefficient (Wildman–Crippen LogP) is 4.85. The highest BCUT2D eigenvalue weighted by Gasteiger charge is 2.06. The van der Waals surface area contributed by atoms with Crippen LogP contribution in [0.2, 0.25) is 5.02 Å². The standard InChI is InChI=1S/C17H17ClO2S/c1-2-20-16-9-5-14(6-10-16)17(19)12-21-11-13-3-7-15(18)8-4-13/h3-10H,2,11-12H2,1H3. The molecule has 110 valence electrons. The molecule has 4 heteroatoms. The highest BCUT2D eigenvalue weighted by molar-refractivity contribution is 7.99. The number of thioether (sulfide) groups is 1. The van der Waals surface area contributed by atoms with Crippen molar-refractivity contribution in [3.05, 3.63) is 64.7 Å². The van der Waals surface area contributed by atoms with Crippen LogP contribution in [0, 0.1) is 0 Å². The van der Waals surface area contributed by atoms with E-state index in [4.69, 9.17) is 16.3 Å². The zero-order chi connectivity index (χ0) is 15.1. The smallest absolute Gasteiger partial charge is 0.172 e. The molecule has 2 nitrogen and oxygen atoms in total. The van der Waals surface area contributed by atoms with E-state index < -0.39 is 0 Å². The molecule has 0 atom stereocenters. The van der Waals surface area contributed by atoms with Gasteiger partial charge in [0.15, 0.2) is 5.78 Å². The minimum absolute atomic E-state index is 0.136. The number of ether oxygens (including phenoxy) is 1. The first-order chi connectivity index (χ1) is 10.2. The Kier molecular flexibility index (Phi) is 6.15. The number of carbonyl (C=O) groups excluding carboxylic acids is 1. The quantitative estimate of drug-likeness (QED) is 0.682. The number of rotatable bonds is 7. The first kappa shape index (κ1) is 15.9. The second kappa shape index (κ2) is 8.11. The summed E-state index contributed by atoms with van der Waals surface area (Å²) in [4.78, 5) is 12.1. The number of carbonyl (C=O) groups is 1. The summed E-state index contributed by atoms with van der Waals surface area (Å²) in [5.74, 6) is 2.20. The molecule has 0 heterocycles. The van der Waals surface area contributed by atoms with Crippen LogP contribution < -0.4 is 4.74 Å². The van der Waals surface area contributed by atoms with Crippen molar-refractivity contribution in [1.29, 1.82) is 0 Å². The maximum Gasteiger partial charge on any atom is 0.172 e. The largest absolute Gasteiger partial charge is 0.494 e. The summed E-state index contributed by atoms with van der Waals surface area (Å²) in [6.07, 6.45) is 0. The second-order valence-corrected chi connectivity index (χ2v) is 5.92. The van der Waals surface area contributed by atoms with Crippen LogP contribution in [0.3, 0.4) is 0 Å². The predicted molar refractivity (Wildman–Crippen MR) is 89.6 cm³/mol. The fourth-order valence-electron chi connectivity index (χ4n) is 1.83. The van der Waals surface area contributed by atoms with Gasteiger partial charge in [0.1, 0.15) is 5.75 Å². The zero-order valence-electron chi connectivity index (χ0n) is 11.8. The lowest BCUT2D eigenvalue weighted by Crippen LogP contribution is -2.02. The van der Waals surface area contributed by atoms with Crippen molar-refractivity contribution in [2.45, 2.75) is 12.7 Å². The van der Waals surface area contributed by atoms with E-state index in [1.807, 2.05) is 55.5 Å². The molecule has 0 saturated carbocycles. The highest BCUT2D eigenvalue weighted by atomic mass is 35.5. The van der Waals surface area contributed by atoms with Crippen LogP contribution >= 0.6 is 23.4 Å². The van der Waals surface area contributed by atoms with Crippen LogP contribution in [-0.2, 0) is 5.75 Å². The molecular formula is C17H17ClO2S. The van der Waals surface area contributed by atoms with E-state index in [0.717, 1.165) is 22.1 Å². The summed E-state index contributed by atoms with van der Waals surface area (Å²) in [7, 11) is 0. The van der Waals surface area contributed by atoms with E-state index in [1.54, 1.807) is 11.8 Å². The average Bonchev–Trinajstić information content (AvgIpc) is 2.50. The third kappa shape index (κ3) is 5.10. The number of hydrogen-bond acceptors (Lipinski definition) is 3. The third-order valence-electron chi connectivity index (χ3n) is 2.90. The molecule has 2 rings (SSSR count). The Morgan fingerprint density at radius 2 is 1.76 bits per heavy atom. The van der Waals surface area contributed by atoms with Gasteiger partial charge < -0.3 is 4.74 Å². The van der Waals surface area contributed by atoms with Crippen LogP contribution in [0.4, 0.5) is 0 Å². The minimum atomic E-state index is 0.136. The summed E-state index contributed by atoms with van der Waals surface area (Å²) in [5.41, 5.74) is 1.89. The molecule has 0 saturated heterocycles. The minimum Gasteiger partial charge on any atom is -0.494 e. The van der Waals surface area contributed by atoms with Gasteiger partial charge in [-0.3, -0.25) is 4.79 Å². The molecule has 0 aliphatic rings. The molecule has 0 radical (unpaired) electrons. The molecular weight excluding hydrogens is 304 g/mol. The maximum atomic E-state index is 12.1. The van der Waals surface area contributed by atoms with Gasteiger partial charge in [-0.25, -0.2) is 0 Å². The Balaban J connectivity index is 1.82. The fourth-order valence-corrected chi connectivity index (χ4v) is 2.84. The number of halogens is 1. The first-order valence-electron chi connectivity index (χ1n) is 6.77. The van der Waals surface area contributed by atoms with Gasteiger partial charge in [0, 0.05) is 16.3 Å². The lowest BCUT2D eigenvalue weighted by Gasteiger charge is -2.05. The Morgan fingerprint density at radius 3 is 2.38 bits per heavy atom. The van der Waals surface area contributed by atoms with Crippen LogP contribution in [0.5, 0.6) is 5.75 Å². The van der Waals surface area contributed by atoms with E-state index in [-0.39, 0.29) is 5.78 Å². The number of hydrogen-bond donors (Lipinski definition) is 0. The molecule has 21 heavy (non-hydrogen) atoms. The zero-order valence-corrected chi connectivity index (χ0v) is 13.4. The summed E-state index contributed by atoms with van der Waals surface area (Å²) in [6.45, 7) is 2.57. The Bertz CT molecular complexity index is 579. The topological polar surface area (TPSA) is 26.3 Å². The Hall–Kier alpha value is -1.45. The monoisotopic (exact) mass is 320 g/mol. The van der Waals surface area contributed by atoms with Crippen molar-refractivity contribution in [3.8, 4) is 5.75 Å². The summed E-state index contributed by atoms with van der Waals surface area (Å²) in [5, 5.41) is 0.731. The van der Waals surface area contributed by atoms with Gasteiger partial charge in [0.2, 0.25) is 0 Å². The Labute approximate surface area is 134 Å². The van der Waals surface area contributed by atoms with Crippen molar-refractivity contribution in [2.24, 2.45) is 0 Å². The van der Waals surface area contributed by atoms with Crippen molar-refractivity contribution in [1.82, 2.24) is 0 Å². The van der Waals surface area contributed by atoms with E-state index in [1.165, 1.54) is 5.56 Å². The van der Waals surface area contributed by atoms with E-state index in [0.29, 0.717) is 12.4 Å². The summed E-state index contributed by atoms with van der Waals surface area (Å²) in [6, 6.07) is 15.0. The lowest BCUT2D eigenvalue weighted by atomic mass is 10.1. The van der Waals surface area contributed by atoms with E-state index in [2.05, 4.69) is 0 Å². The summed E-state index contributed by atoms with van der Waals surface area (Å²) >= 11 is 7.45. The molecule has 0 aromatic heterocycles. The van der Waals surface area contributed by atoms with Crippen molar-refractivity contribution in [3.63, 3.8) is 0 Å². The molecule has 0 aliphatic carbocycles. The molecule has 0 unspecified atom stereocenters. The maximum absolute atomic E-state index is 12.1. The van der Waals surface area contributed by atoms with Crippen molar-refractivity contribution >= 4 is 29.1 Å². The van der Waals surface area contributed by atoms with Crippen LogP contribution in [0.15, 0.2) is 48.5 Å². The first-order valence-corrected chi connectivity index (χ1v) is 8.30. The summed E-state index contributed by atoms with van der Waals surface area (Å²) < 4.78 is 5.36. The van der Waals surface area contributed by atoms with Gasteiger partial charge in [-0.15, -0.1) is 11.8 Å². The van der Waals surface area contributed by atoms with Gasteiger partial charge in [-0.05, 0) is 48.9 Å². The fraction of sp³-hybridized carbons (Fsp3) is 0.235. The van der Waals surface area contributed by atoms with Gasteiger partial charge in [-0.2, -0.15) is 0 Å². The van der Waals surface area contributed by atoms with Crippen LogP contribution in [-0.4, -0.2) is 18.1 Å².